The maximum absolute atomic E-state index is 2.08. The van der Waals surface area contributed by atoms with E-state index in [0.29, 0.717) is 0 Å². The van der Waals surface area contributed by atoms with Crippen LogP contribution in [0.15, 0.2) is 30.3 Å². The second-order valence-corrected chi connectivity index (χ2v) is 1.65. The van der Waals surface area contributed by atoms with Gasteiger partial charge in [-0.25, -0.2) is 0 Å². The molecule has 1 rings (SSSR count). The summed E-state index contributed by atoms with van der Waals surface area (Å²) in [6, 6.07) is 10.3. The van der Waals surface area contributed by atoms with Crippen LogP contribution in [0.1, 0.15) is 5.56 Å². The predicted molar refractivity (Wildman–Crippen MR) is 31.2 cm³/mol. The molecular formula is C7H8ClLi. The molecule has 0 atom stereocenters. The van der Waals surface area contributed by atoms with E-state index < -0.39 is 0 Å². The van der Waals surface area contributed by atoms with E-state index >= 15 is 0 Å². The van der Waals surface area contributed by atoms with Gasteiger partial charge in [-0.3, -0.25) is 0 Å². The first-order chi connectivity index (χ1) is 3.39. The third-order valence-electron chi connectivity index (χ3n) is 0.940. The number of hydrogen-bond acceptors (Lipinski definition) is 0. The van der Waals surface area contributed by atoms with Crippen molar-refractivity contribution in [3.8, 4) is 0 Å². The van der Waals surface area contributed by atoms with Gasteiger partial charge in [0.05, 0.1) is 0 Å². The van der Waals surface area contributed by atoms with Crippen molar-refractivity contribution in [1.82, 2.24) is 0 Å². The van der Waals surface area contributed by atoms with Crippen molar-refractivity contribution >= 4 is 0 Å². The van der Waals surface area contributed by atoms with E-state index in [1.807, 2.05) is 18.2 Å². The summed E-state index contributed by atoms with van der Waals surface area (Å²) in [5.74, 6) is 0. The van der Waals surface area contributed by atoms with Crippen LogP contribution in [0, 0.1) is 6.92 Å². The van der Waals surface area contributed by atoms with E-state index in [2.05, 4.69) is 19.1 Å². The fraction of sp³-hybridized carbons (Fsp3) is 0.143. The molecule has 0 spiro atoms. The van der Waals surface area contributed by atoms with E-state index in [1.165, 1.54) is 5.56 Å². The number of rotatable bonds is 0. The van der Waals surface area contributed by atoms with E-state index in [-0.39, 0.29) is 31.3 Å². The van der Waals surface area contributed by atoms with Crippen LogP contribution in [0.2, 0.25) is 0 Å². The van der Waals surface area contributed by atoms with Gasteiger partial charge in [-0.2, -0.15) is 0 Å². The third-order valence-corrected chi connectivity index (χ3v) is 0.940. The Morgan fingerprint density at radius 3 is 1.67 bits per heavy atom. The van der Waals surface area contributed by atoms with Gasteiger partial charge < -0.3 is 12.4 Å². The van der Waals surface area contributed by atoms with Crippen LogP contribution in [0.4, 0.5) is 0 Å². The molecule has 0 unspecified atom stereocenters. The Labute approximate surface area is 74.2 Å². The van der Waals surface area contributed by atoms with Crippen LogP contribution < -0.4 is 31.3 Å². The van der Waals surface area contributed by atoms with Gasteiger partial charge in [-0.15, -0.1) is 0 Å². The number of benzene rings is 1. The summed E-state index contributed by atoms with van der Waals surface area (Å²) >= 11 is 0. The minimum atomic E-state index is 0. The van der Waals surface area contributed by atoms with Crippen LogP contribution in [0.5, 0.6) is 0 Å². The molecule has 0 aromatic heterocycles. The molecule has 1 aromatic carbocycles. The largest absolute Gasteiger partial charge is 1.00 e. The SMILES string of the molecule is Cc1ccccc1.[Cl-].[Li+]. The third kappa shape index (κ3) is 4.60. The molecule has 0 aliphatic rings. The molecule has 0 heterocycles. The Kier molecular flexibility index (Phi) is 8.20. The quantitative estimate of drug-likeness (QED) is 0.318. The molecule has 0 nitrogen and oxygen atoms in total. The fourth-order valence-corrected chi connectivity index (χ4v) is 0.534. The van der Waals surface area contributed by atoms with Crippen molar-refractivity contribution in [1.29, 1.82) is 0 Å². The molecule has 1 aromatic rings. The second-order valence-electron chi connectivity index (χ2n) is 1.65. The Morgan fingerprint density at radius 2 is 1.44 bits per heavy atom. The van der Waals surface area contributed by atoms with Gasteiger partial charge in [0.25, 0.3) is 0 Å². The number of halogens is 1. The van der Waals surface area contributed by atoms with Crippen LogP contribution in [0.3, 0.4) is 0 Å². The molecule has 0 bridgehead atoms. The molecule has 0 saturated heterocycles. The minimum absolute atomic E-state index is 0. The van der Waals surface area contributed by atoms with Crippen LogP contribution in [-0.2, 0) is 0 Å². The molecule has 9 heavy (non-hydrogen) atoms. The molecule has 44 valence electrons. The summed E-state index contributed by atoms with van der Waals surface area (Å²) in [4.78, 5) is 0. The Bertz CT molecular complexity index is 139. The Balaban J connectivity index is 0. The summed E-state index contributed by atoms with van der Waals surface area (Å²) in [6.07, 6.45) is 0. The smallest absolute Gasteiger partial charge is 1.00 e. The van der Waals surface area contributed by atoms with E-state index in [4.69, 9.17) is 0 Å². The van der Waals surface area contributed by atoms with Gasteiger partial charge in [0.15, 0.2) is 0 Å². The van der Waals surface area contributed by atoms with Crippen molar-refractivity contribution in [3.05, 3.63) is 35.9 Å². The molecule has 0 amide bonds. The van der Waals surface area contributed by atoms with Gasteiger partial charge in [0.1, 0.15) is 0 Å². The second kappa shape index (κ2) is 6.23. The van der Waals surface area contributed by atoms with E-state index in [0.717, 1.165) is 0 Å². The van der Waals surface area contributed by atoms with Gasteiger partial charge in [-0.05, 0) is 6.92 Å². The number of hydrogen-bond donors (Lipinski definition) is 0. The number of aryl methyl sites for hydroxylation is 1. The van der Waals surface area contributed by atoms with Crippen LogP contribution in [-0.4, -0.2) is 0 Å². The zero-order chi connectivity index (χ0) is 5.11. The fourth-order valence-electron chi connectivity index (χ4n) is 0.534. The molecular weight excluding hydrogens is 126 g/mol. The van der Waals surface area contributed by atoms with Crippen molar-refractivity contribution < 1.29 is 31.3 Å². The average Bonchev–Trinajstić information content (AvgIpc) is 1.69. The summed E-state index contributed by atoms with van der Waals surface area (Å²) in [7, 11) is 0. The van der Waals surface area contributed by atoms with Crippen molar-refractivity contribution in [2.45, 2.75) is 6.92 Å². The van der Waals surface area contributed by atoms with Gasteiger partial charge in [0, 0.05) is 0 Å². The first-order valence-corrected chi connectivity index (χ1v) is 2.41. The molecule has 0 radical (unpaired) electrons. The molecule has 0 aliphatic carbocycles. The molecule has 0 saturated carbocycles. The first kappa shape index (κ1) is 11.9. The van der Waals surface area contributed by atoms with E-state index in [9.17, 15) is 0 Å². The standard InChI is InChI=1S/C7H8.ClH.Li/c1-7-5-3-2-4-6-7;;/h2-6H,1H3;1H;/q;;+1/p-1. The first-order valence-electron chi connectivity index (χ1n) is 2.41. The summed E-state index contributed by atoms with van der Waals surface area (Å²) in [5.41, 5.74) is 1.32. The Hall–Kier alpha value is 0.107. The van der Waals surface area contributed by atoms with Crippen LogP contribution >= 0.6 is 0 Å². The van der Waals surface area contributed by atoms with Crippen molar-refractivity contribution in [2.24, 2.45) is 0 Å². The van der Waals surface area contributed by atoms with Gasteiger partial charge in [0.2, 0.25) is 0 Å². The molecule has 0 aliphatic heterocycles. The summed E-state index contributed by atoms with van der Waals surface area (Å²) in [5, 5.41) is 0. The van der Waals surface area contributed by atoms with E-state index in [1.54, 1.807) is 0 Å². The normalized spacial score (nSPS) is 6.78. The Morgan fingerprint density at radius 1 is 1.00 bits per heavy atom. The zero-order valence-electron chi connectivity index (χ0n) is 5.76. The average molecular weight is 135 g/mol. The maximum atomic E-state index is 2.08. The maximum Gasteiger partial charge on any atom is 1.00 e. The van der Waals surface area contributed by atoms with Gasteiger partial charge in [-0.1, -0.05) is 35.9 Å². The summed E-state index contributed by atoms with van der Waals surface area (Å²) in [6.45, 7) is 2.08. The minimum Gasteiger partial charge on any atom is -1.00 e. The predicted octanol–water partition coefficient (Wildman–Crippen LogP) is -4.00. The molecule has 0 fully saturated rings. The van der Waals surface area contributed by atoms with Crippen LogP contribution in [0.25, 0.3) is 0 Å². The molecule has 2 heteroatoms. The zero-order valence-corrected chi connectivity index (χ0v) is 6.52. The van der Waals surface area contributed by atoms with Gasteiger partial charge >= 0.3 is 18.9 Å². The monoisotopic (exact) mass is 134 g/mol. The molecule has 0 N–H and O–H groups in total. The van der Waals surface area contributed by atoms with Crippen molar-refractivity contribution in [3.63, 3.8) is 0 Å². The summed E-state index contributed by atoms with van der Waals surface area (Å²) < 4.78 is 0. The van der Waals surface area contributed by atoms with Crippen molar-refractivity contribution in [2.75, 3.05) is 0 Å². The topological polar surface area (TPSA) is 0 Å².